The van der Waals surface area contributed by atoms with Crippen LogP contribution in [0.4, 0.5) is 0 Å². The Morgan fingerprint density at radius 1 is 1.16 bits per heavy atom. The molecule has 6 nitrogen and oxygen atoms in total. The molecule has 0 aliphatic carbocycles. The first-order valence-electron chi connectivity index (χ1n) is 11.0. The molecule has 174 valence electrons. The molecule has 0 bridgehead atoms. The lowest BCUT2D eigenvalue weighted by Gasteiger charge is -2.30. The number of aldehydes is 1. The summed E-state index contributed by atoms with van der Waals surface area (Å²) in [7, 11) is -3.05. The van der Waals surface area contributed by atoms with Gasteiger partial charge in [0.05, 0.1) is 17.1 Å². The van der Waals surface area contributed by atoms with Gasteiger partial charge < -0.3 is 9.84 Å². The van der Waals surface area contributed by atoms with Crippen LogP contribution in [0.15, 0.2) is 48.5 Å². The Kier molecular flexibility index (Phi) is 7.75. The molecule has 2 aromatic rings. The maximum absolute atomic E-state index is 12.1. The first-order chi connectivity index (χ1) is 15.1. The van der Waals surface area contributed by atoms with E-state index < -0.39 is 15.9 Å². The van der Waals surface area contributed by atoms with E-state index in [4.69, 9.17) is 4.74 Å². The second kappa shape index (κ2) is 10.1. The number of rotatable bonds is 9. The molecule has 2 aromatic carbocycles. The zero-order valence-electron chi connectivity index (χ0n) is 19.0. The number of carbonyl (C=O) groups is 1. The average molecular weight is 460 g/mol. The highest BCUT2D eigenvalue weighted by Gasteiger charge is 2.33. The maximum Gasteiger partial charge on any atom is 0.153 e. The topological polar surface area (TPSA) is 83.9 Å². The fourth-order valence-electron chi connectivity index (χ4n) is 3.97. The fourth-order valence-corrected chi connectivity index (χ4v) is 5.73. The van der Waals surface area contributed by atoms with Crippen molar-refractivity contribution < 1.29 is 23.1 Å². The predicted octanol–water partition coefficient (Wildman–Crippen LogP) is 3.23. The molecule has 3 rings (SSSR count). The lowest BCUT2D eigenvalue weighted by atomic mass is 9.86. The molecule has 1 N–H and O–H groups in total. The molecule has 1 fully saturated rings. The summed E-state index contributed by atoms with van der Waals surface area (Å²) in [5.74, 6) is 0.708. The van der Waals surface area contributed by atoms with Gasteiger partial charge in [-0.15, -0.1) is 0 Å². The first-order valence-corrected chi connectivity index (χ1v) is 12.8. The second-order valence-corrected chi connectivity index (χ2v) is 11.8. The van der Waals surface area contributed by atoms with Crippen LogP contribution in [-0.2, 0) is 21.8 Å². The summed E-state index contributed by atoms with van der Waals surface area (Å²) in [5, 5.41) is 10.7. The van der Waals surface area contributed by atoms with Crippen LogP contribution in [0.1, 0.15) is 48.7 Å². The van der Waals surface area contributed by atoms with Gasteiger partial charge in [0, 0.05) is 19.1 Å². The van der Waals surface area contributed by atoms with Crippen molar-refractivity contribution in [3.63, 3.8) is 0 Å². The van der Waals surface area contributed by atoms with E-state index in [-0.39, 0.29) is 36.1 Å². The number of benzene rings is 2. The number of hydrogen-bond donors (Lipinski definition) is 1. The van der Waals surface area contributed by atoms with Crippen molar-refractivity contribution in [3.8, 4) is 5.75 Å². The first kappa shape index (κ1) is 24.4. The van der Waals surface area contributed by atoms with Crippen molar-refractivity contribution in [2.24, 2.45) is 0 Å². The van der Waals surface area contributed by atoms with Crippen molar-refractivity contribution in [2.75, 3.05) is 24.7 Å². The van der Waals surface area contributed by atoms with E-state index >= 15 is 0 Å². The molecule has 1 aliphatic rings. The Labute approximate surface area is 191 Å². The number of nitrogens with zero attached hydrogens (tertiary/aromatic N) is 1. The Hall–Kier alpha value is -2.22. The number of hydrogen-bond acceptors (Lipinski definition) is 6. The van der Waals surface area contributed by atoms with Crippen LogP contribution in [0.3, 0.4) is 0 Å². The lowest BCUT2D eigenvalue weighted by Crippen LogP contribution is -2.42. The van der Waals surface area contributed by atoms with E-state index in [2.05, 4.69) is 45.0 Å². The molecule has 0 saturated carbocycles. The summed E-state index contributed by atoms with van der Waals surface area (Å²) < 4.78 is 29.8. The Morgan fingerprint density at radius 2 is 1.84 bits per heavy atom. The molecule has 0 amide bonds. The van der Waals surface area contributed by atoms with E-state index in [1.807, 2.05) is 4.90 Å². The van der Waals surface area contributed by atoms with Gasteiger partial charge in [-0.3, -0.25) is 9.69 Å². The van der Waals surface area contributed by atoms with Crippen LogP contribution < -0.4 is 4.74 Å². The molecule has 1 heterocycles. The van der Waals surface area contributed by atoms with Gasteiger partial charge >= 0.3 is 0 Å². The van der Waals surface area contributed by atoms with Gasteiger partial charge in [0.15, 0.2) is 16.1 Å². The molecule has 32 heavy (non-hydrogen) atoms. The van der Waals surface area contributed by atoms with Gasteiger partial charge in [-0.25, -0.2) is 8.42 Å². The fraction of sp³-hybridized carbons (Fsp3) is 0.480. The molecule has 1 aliphatic heterocycles. The van der Waals surface area contributed by atoms with E-state index in [1.54, 1.807) is 24.3 Å². The smallest absolute Gasteiger partial charge is 0.153 e. The number of sulfone groups is 1. The quantitative estimate of drug-likeness (QED) is 0.580. The Morgan fingerprint density at radius 3 is 2.44 bits per heavy atom. The highest BCUT2D eigenvalue weighted by molar-refractivity contribution is 7.91. The van der Waals surface area contributed by atoms with Gasteiger partial charge in [0.2, 0.25) is 0 Å². The van der Waals surface area contributed by atoms with E-state index in [9.17, 15) is 18.3 Å². The molecular weight excluding hydrogens is 426 g/mol. The third kappa shape index (κ3) is 6.64. The minimum Gasteiger partial charge on any atom is -0.490 e. The standard InChI is InChI=1S/C25H33NO5S/c1-25(2,3)21-10-8-19(9-11-21)14-26(22-12-13-32(29,30)18-22)15-23(28)17-31-24-7-5-4-6-20(24)16-27/h4-11,16,22-23,28H,12-15,17-18H2,1-3H3. The molecule has 0 aromatic heterocycles. The van der Waals surface area contributed by atoms with Crippen LogP contribution in [0.5, 0.6) is 5.75 Å². The molecule has 7 heteroatoms. The van der Waals surface area contributed by atoms with Crippen molar-refractivity contribution in [1.29, 1.82) is 0 Å². The zero-order valence-corrected chi connectivity index (χ0v) is 19.8. The highest BCUT2D eigenvalue weighted by atomic mass is 32.2. The van der Waals surface area contributed by atoms with Crippen LogP contribution in [0.2, 0.25) is 0 Å². The lowest BCUT2D eigenvalue weighted by molar-refractivity contribution is 0.0522. The number of para-hydroxylation sites is 1. The number of aliphatic hydroxyl groups is 1. The monoisotopic (exact) mass is 459 g/mol. The number of carbonyl (C=O) groups excluding carboxylic acids is 1. The predicted molar refractivity (Wildman–Crippen MR) is 126 cm³/mol. The van der Waals surface area contributed by atoms with Crippen molar-refractivity contribution in [2.45, 2.75) is 51.3 Å². The van der Waals surface area contributed by atoms with E-state index in [1.165, 1.54) is 5.56 Å². The molecule has 1 saturated heterocycles. The molecule has 2 atom stereocenters. The molecule has 0 spiro atoms. The third-order valence-electron chi connectivity index (χ3n) is 5.85. The van der Waals surface area contributed by atoms with Crippen molar-refractivity contribution in [1.82, 2.24) is 4.90 Å². The summed E-state index contributed by atoms with van der Waals surface area (Å²) in [6, 6.07) is 15.1. The van der Waals surface area contributed by atoms with Crippen molar-refractivity contribution in [3.05, 3.63) is 65.2 Å². The van der Waals surface area contributed by atoms with Crippen LogP contribution in [0, 0.1) is 0 Å². The van der Waals surface area contributed by atoms with Gasteiger partial charge in [-0.2, -0.15) is 0 Å². The van der Waals surface area contributed by atoms with Gasteiger partial charge in [0.25, 0.3) is 0 Å². The Balaban J connectivity index is 1.69. The third-order valence-corrected chi connectivity index (χ3v) is 7.60. The van der Waals surface area contributed by atoms with Crippen molar-refractivity contribution >= 4 is 16.1 Å². The number of ether oxygens (including phenoxy) is 1. The largest absolute Gasteiger partial charge is 0.490 e. The SMILES string of the molecule is CC(C)(C)c1ccc(CN(CC(O)COc2ccccc2C=O)C2CCS(=O)(=O)C2)cc1. The molecular formula is C25H33NO5S. The second-order valence-electron chi connectivity index (χ2n) is 9.55. The van der Waals surface area contributed by atoms with Crippen LogP contribution in [0.25, 0.3) is 0 Å². The van der Waals surface area contributed by atoms with E-state index in [0.717, 1.165) is 11.8 Å². The minimum atomic E-state index is -3.05. The summed E-state index contributed by atoms with van der Waals surface area (Å²) in [5.41, 5.74) is 2.79. The Bertz CT molecular complexity index is 1010. The molecule has 2 unspecified atom stereocenters. The maximum atomic E-state index is 12.1. The normalized spacial score (nSPS) is 19.1. The minimum absolute atomic E-state index is 0.0176. The average Bonchev–Trinajstić information content (AvgIpc) is 3.11. The summed E-state index contributed by atoms with van der Waals surface area (Å²) in [4.78, 5) is 13.2. The van der Waals surface area contributed by atoms with E-state index in [0.29, 0.717) is 24.3 Å². The van der Waals surface area contributed by atoms with Gasteiger partial charge in [-0.05, 0) is 35.1 Å². The summed E-state index contributed by atoms with van der Waals surface area (Å²) in [6.45, 7) is 7.34. The van der Waals surface area contributed by atoms with Gasteiger partial charge in [-0.1, -0.05) is 57.2 Å². The van der Waals surface area contributed by atoms with Crippen LogP contribution >= 0.6 is 0 Å². The summed E-state index contributed by atoms with van der Waals surface area (Å²) >= 11 is 0. The van der Waals surface area contributed by atoms with Gasteiger partial charge in [0.1, 0.15) is 18.5 Å². The molecule has 0 radical (unpaired) electrons. The van der Waals surface area contributed by atoms with Crippen LogP contribution in [-0.4, -0.2) is 61.5 Å². The zero-order chi connectivity index (χ0) is 23.4. The highest BCUT2D eigenvalue weighted by Crippen LogP contribution is 2.24. The number of aliphatic hydroxyl groups excluding tert-OH is 1. The summed E-state index contributed by atoms with van der Waals surface area (Å²) in [6.07, 6.45) is 0.453.